The average molecular weight is 240 g/mol. The van der Waals surface area contributed by atoms with E-state index in [-0.39, 0.29) is 12.6 Å². The van der Waals surface area contributed by atoms with E-state index in [9.17, 15) is 9.32 Å². The summed E-state index contributed by atoms with van der Waals surface area (Å²) < 4.78 is 20.6. The van der Waals surface area contributed by atoms with E-state index in [4.69, 9.17) is 4.74 Å². The molecule has 0 saturated carbocycles. The minimum absolute atomic E-state index is 0.00993. The van der Waals surface area contributed by atoms with Gasteiger partial charge < -0.3 is 9.47 Å². The Morgan fingerprint density at radius 2 is 2.06 bits per heavy atom. The van der Waals surface area contributed by atoms with Crippen LogP contribution in [0.2, 0.25) is 0 Å². The van der Waals surface area contributed by atoms with E-state index in [0.29, 0.717) is 6.42 Å². The van der Waals surface area contributed by atoms with Crippen LogP contribution < -0.4 is 4.74 Å². The molecular formula is C12H13FO4. The maximum absolute atomic E-state index is 11.3. The number of methoxy groups -OCH3 is 1. The Morgan fingerprint density at radius 1 is 1.35 bits per heavy atom. The molecule has 0 saturated heterocycles. The molecule has 1 aliphatic heterocycles. The number of halogens is 1. The van der Waals surface area contributed by atoms with Crippen LogP contribution in [0.1, 0.15) is 12.0 Å². The van der Waals surface area contributed by atoms with Crippen LogP contribution in [0.5, 0.6) is 5.75 Å². The van der Waals surface area contributed by atoms with Gasteiger partial charge in [-0.2, -0.15) is 4.94 Å². The lowest BCUT2D eigenvalue weighted by Crippen LogP contribution is -1.87. The van der Waals surface area contributed by atoms with Crippen molar-refractivity contribution >= 4 is 5.97 Å². The summed E-state index contributed by atoms with van der Waals surface area (Å²) in [6, 6.07) is 7.01. The van der Waals surface area contributed by atoms with Crippen molar-refractivity contribution in [2.45, 2.75) is 13.0 Å². The Kier molecular flexibility index (Phi) is 5.74. The minimum Gasteiger partial charge on any atom is -0.497 e. The topological polar surface area (TPSA) is 44.8 Å². The third-order valence-corrected chi connectivity index (χ3v) is 1.96. The summed E-state index contributed by atoms with van der Waals surface area (Å²) in [5.41, 5.74) is 0.785. The first-order chi connectivity index (χ1) is 8.26. The molecule has 92 valence electrons. The third-order valence-electron chi connectivity index (χ3n) is 1.96. The maximum Gasteiger partial charge on any atom is 0.314 e. The highest BCUT2D eigenvalue weighted by atomic mass is 19.3. The molecule has 0 amide bonds. The summed E-state index contributed by atoms with van der Waals surface area (Å²) in [7, 11) is 1.58. The summed E-state index contributed by atoms with van der Waals surface area (Å²) in [6.07, 6.45) is 3.53. The van der Waals surface area contributed by atoms with E-state index in [1.165, 1.54) is 6.26 Å². The third kappa shape index (κ3) is 5.12. The van der Waals surface area contributed by atoms with Crippen molar-refractivity contribution in [3.05, 3.63) is 42.2 Å². The van der Waals surface area contributed by atoms with Crippen LogP contribution >= 0.6 is 0 Å². The number of benzene rings is 1. The summed E-state index contributed by atoms with van der Waals surface area (Å²) in [6.45, 7) is -0.00993. The zero-order valence-electron chi connectivity index (χ0n) is 9.39. The molecule has 2 rings (SSSR count). The number of ether oxygens (including phenoxy) is 2. The summed E-state index contributed by atoms with van der Waals surface area (Å²) in [5.74, 6) is 0.600. The molecule has 5 heteroatoms. The van der Waals surface area contributed by atoms with Crippen LogP contribution in [-0.2, 0) is 21.1 Å². The molecule has 0 aliphatic carbocycles. The molecule has 0 N–H and O–H groups in total. The second-order valence-electron chi connectivity index (χ2n) is 3.17. The fraction of sp³-hybridized carbons (Fsp3) is 0.250. The number of hydrogen-bond donors (Lipinski definition) is 0. The maximum atomic E-state index is 11.3. The molecule has 0 aromatic heterocycles. The standard InChI is InChI=1S/C8H9FO2.C4H4O2/c1-10-8-4-2-7(3-5-8)6-11-9;5-4-2-1-3-6-4/h2-5H,6H2,1H3;1,3H,2H2. The largest absolute Gasteiger partial charge is 0.497 e. The Labute approximate surface area is 98.5 Å². The van der Waals surface area contributed by atoms with Crippen molar-refractivity contribution in [2.24, 2.45) is 0 Å². The molecule has 0 unspecified atom stereocenters. The summed E-state index contributed by atoms with van der Waals surface area (Å²) in [4.78, 5) is 13.4. The molecule has 1 aromatic rings. The fourth-order valence-corrected chi connectivity index (χ4v) is 1.10. The molecule has 4 nitrogen and oxygen atoms in total. The van der Waals surface area contributed by atoms with Gasteiger partial charge in [0.2, 0.25) is 0 Å². The Hall–Kier alpha value is -1.88. The van der Waals surface area contributed by atoms with Gasteiger partial charge in [0.05, 0.1) is 19.8 Å². The SMILES string of the molecule is COc1ccc(COF)cc1.O=C1CC=CO1. The monoisotopic (exact) mass is 240 g/mol. The van der Waals surface area contributed by atoms with Gasteiger partial charge in [0.1, 0.15) is 12.4 Å². The highest BCUT2D eigenvalue weighted by molar-refractivity contribution is 5.73. The van der Waals surface area contributed by atoms with Gasteiger partial charge in [-0.25, -0.2) is 0 Å². The Bertz CT molecular complexity index is 363. The normalized spacial score (nSPS) is 12.7. The van der Waals surface area contributed by atoms with E-state index < -0.39 is 0 Å². The van der Waals surface area contributed by atoms with Crippen molar-refractivity contribution in [2.75, 3.05) is 7.11 Å². The summed E-state index contributed by atoms with van der Waals surface area (Å²) >= 11 is 0. The highest BCUT2D eigenvalue weighted by Crippen LogP contribution is 2.11. The van der Waals surface area contributed by atoms with E-state index >= 15 is 0 Å². The van der Waals surface area contributed by atoms with E-state index in [2.05, 4.69) is 9.68 Å². The van der Waals surface area contributed by atoms with Crippen LogP contribution in [0, 0.1) is 0 Å². The van der Waals surface area contributed by atoms with Gasteiger partial charge >= 0.3 is 5.97 Å². The van der Waals surface area contributed by atoms with Crippen LogP contribution in [0.4, 0.5) is 4.53 Å². The van der Waals surface area contributed by atoms with Gasteiger partial charge in [0.25, 0.3) is 0 Å². The quantitative estimate of drug-likeness (QED) is 0.761. The lowest BCUT2D eigenvalue weighted by atomic mass is 10.2. The van der Waals surface area contributed by atoms with Gasteiger partial charge in [-0.05, 0) is 28.3 Å². The van der Waals surface area contributed by atoms with Gasteiger partial charge in [-0.15, -0.1) is 0 Å². The van der Waals surface area contributed by atoms with Crippen molar-refractivity contribution in [1.29, 1.82) is 0 Å². The van der Waals surface area contributed by atoms with Crippen LogP contribution in [0.25, 0.3) is 0 Å². The molecule has 0 radical (unpaired) electrons. The van der Waals surface area contributed by atoms with Gasteiger partial charge in [-0.1, -0.05) is 12.1 Å². The number of esters is 1. The molecule has 1 aliphatic rings. The smallest absolute Gasteiger partial charge is 0.314 e. The molecule has 1 heterocycles. The fourth-order valence-electron chi connectivity index (χ4n) is 1.10. The summed E-state index contributed by atoms with van der Waals surface area (Å²) in [5, 5.41) is 0. The van der Waals surface area contributed by atoms with E-state index in [0.717, 1.165) is 11.3 Å². The molecule has 0 spiro atoms. The molecule has 0 bridgehead atoms. The van der Waals surface area contributed by atoms with Gasteiger partial charge in [0, 0.05) is 0 Å². The Balaban J connectivity index is 0.000000202. The lowest BCUT2D eigenvalue weighted by Gasteiger charge is -1.99. The number of carbonyl (C=O) groups excluding carboxylic acids is 1. The first-order valence-electron chi connectivity index (χ1n) is 4.97. The number of hydrogen-bond acceptors (Lipinski definition) is 4. The zero-order valence-corrected chi connectivity index (χ0v) is 9.39. The molecule has 0 fully saturated rings. The van der Waals surface area contributed by atoms with E-state index in [1.807, 2.05) is 0 Å². The second kappa shape index (κ2) is 7.40. The minimum atomic E-state index is -0.157. The van der Waals surface area contributed by atoms with Gasteiger partial charge in [0.15, 0.2) is 0 Å². The number of rotatable bonds is 3. The van der Waals surface area contributed by atoms with Crippen molar-refractivity contribution < 1.29 is 23.7 Å². The Morgan fingerprint density at radius 3 is 2.41 bits per heavy atom. The molecular weight excluding hydrogens is 227 g/mol. The van der Waals surface area contributed by atoms with Crippen molar-refractivity contribution in [1.82, 2.24) is 0 Å². The molecule has 1 aromatic carbocycles. The first kappa shape index (κ1) is 13.2. The van der Waals surface area contributed by atoms with E-state index in [1.54, 1.807) is 37.5 Å². The first-order valence-corrected chi connectivity index (χ1v) is 4.97. The molecule has 17 heavy (non-hydrogen) atoms. The van der Waals surface area contributed by atoms with Crippen molar-refractivity contribution in [3.8, 4) is 5.75 Å². The highest BCUT2D eigenvalue weighted by Gasteiger charge is 2.00. The predicted molar refractivity (Wildman–Crippen MR) is 58.7 cm³/mol. The zero-order chi connectivity index (χ0) is 12.5. The van der Waals surface area contributed by atoms with Crippen LogP contribution in [-0.4, -0.2) is 13.1 Å². The number of cyclic esters (lactones) is 1. The van der Waals surface area contributed by atoms with Crippen LogP contribution in [0.3, 0.4) is 0 Å². The second-order valence-corrected chi connectivity index (χ2v) is 3.17. The van der Waals surface area contributed by atoms with Crippen LogP contribution in [0.15, 0.2) is 36.6 Å². The molecule has 0 atom stereocenters. The van der Waals surface area contributed by atoms with Gasteiger partial charge in [-0.3, -0.25) is 4.79 Å². The number of carbonyl (C=O) groups is 1. The average Bonchev–Trinajstić information content (AvgIpc) is 2.83. The van der Waals surface area contributed by atoms with Crippen molar-refractivity contribution in [3.63, 3.8) is 0 Å². The lowest BCUT2D eigenvalue weighted by molar-refractivity contribution is -0.144. The predicted octanol–water partition coefficient (Wildman–Crippen LogP) is 2.54.